The van der Waals surface area contributed by atoms with Gasteiger partial charge in [0.1, 0.15) is 17.3 Å². The highest BCUT2D eigenvalue weighted by Gasteiger charge is 2.17. The molecule has 0 saturated carbocycles. The van der Waals surface area contributed by atoms with Crippen LogP contribution < -0.4 is 10.6 Å². The summed E-state index contributed by atoms with van der Waals surface area (Å²) in [5.74, 6) is -2.68. The van der Waals surface area contributed by atoms with Crippen molar-refractivity contribution in [1.29, 1.82) is 0 Å². The van der Waals surface area contributed by atoms with E-state index in [2.05, 4.69) is 10.6 Å². The fourth-order valence-electron chi connectivity index (χ4n) is 1.83. The Hall–Kier alpha value is -2.06. The number of likely N-dealkylation sites (N-methyl/N-ethyl adjacent to an activating group) is 1. The summed E-state index contributed by atoms with van der Waals surface area (Å²) in [6, 6.07) is 3.29. The lowest BCUT2D eigenvalue weighted by Crippen LogP contribution is -2.43. The second-order valence-electron chi connectivity index (χ2n) is 4.72. The number of carbonyl (C=O) groups excluding carboxylic acids is 2. The molecule has 0 atom stereocenters. The Morgan fingerprint density at radius 1 is 1.26 bits per heavy atom. The molecular weight excluding hydrogens is 308 g/mol. The first-order chi connectivity index (χ1) is 11.0. The third-order valence-electron chi connectivity index (χ3n) is 3.06. The molecular formula is C15H21F2N3O3. The maximum absolute atomic E-state index is 13.5. The van der Waals surface area contributed by atoms with Crippen LogP contribution in [0.4, 0.5) is 14.5 Å². The van der Waals surface area contributed by atoms with Gasteiger partial charge in [0.25, 0.3) is 0 Å². The van der Waals surface area contributed by atoms with Crippen LogP contribution in [0.5, 0.6) is 0 Å². The van der Waals surface area contributed by atoms with E-state index in [0.717, 1.165) is 12.1 Å². The van der Waals surface area contributed by atoms with E-state index in [1.165, 1.54) is 11.0 Å². The number of benzene rings is 1. The van der Waals surface area contributed by atoms with Crippen molar-refractivity contribution in [2.24, 2.45) is 0 Å². The van der Waals surface area contributed by atoms with Crippen molar-refractivity contribution in [2.75, 3.05) is 45.2 Å². The monoisotopic (exact) mass is 329 g/mol. The Labute approximate surface area is 133 Å². The summed E-state index contributed by atoms with van der Waals surface area (Å²) >= 11 is 0. The van der Waals surface area contributed by atoms with E-state index >= 15 is 0 Å². The number of anilines is 1. The molecule has 0 aliphatic rings. The third-order valence-corrected chi connectivity index (χ3v) is 3.06. The van der Waals surface area contributed by atoms with E-state index < -0.39 is 23.2 Å². The van der Waals surface area contributed by atoms with Crippen molar-refractivity contribution >= 4 is 17.5 Å². The molecule has 0 saturated heterocycles. The standard InChI is InChI=1S/C15H21F2N3O3/c1-3-20(14(22)9-18-7-8-23-2)10-13(21)19-15-11(16)5-4-6-12(15)17/h4-6,18H,3,7-10H2,1-2H3,(H,19,21). The number of halogens is 2. The predicted octanol–water partition coefficient (Wildman–Crippen LogP) is 0.988. The van der Waals surface area contributed by atoms with E-state index in [-0.39, 0.29) is 19.0 Å². The largest absolute Gasteiger partial charge is 0.383 e. The van der Waals surface area contributed by atoms with Crippen LogP contribution in [0, 0.1) is 11.6 Å². The molecule has 1 aromatic carbocycles. The van der Waals surface area contributed by atoms with Crippen LogP contribution in [0.1, 0.15) is 6.92 Å². The quantitative estimate of drug-likeness (QED) is 0.663. The summed E-state index contributed by atoms with van der Waals surface area (Å²) in [5.41, 5.74) is -0.515. The second-order valence-corrected chi connectivity index (χ2v) is 4.72. The number of amides is 2. The minimum Gasteiger partial charge on any atom is -0.383 e. The van der Waals surface area contributed by atoms with Crippen molar-refractivity contribution in [3.63, 3.8) is 0 Å². The summed E-state index contributed by atoms with van der Waals surface area (Å²) in [4.78, 5) is 25.1. The van der Waals surface area contributed by atoms with Crippen LogP contribution in [0.15, 0.2) is 18.2 Å². The predicted molar refractivity (Wildman–Crippen MR) is 82.0 cm³/mol. The lowest BCUT2D eigenvalue weighted by atomic mass is 10.3. The molecule has 1 rings (SSSR count). The maximum Gasteiger partial charge on any atom is 0.244 e. The number of para-hydroxylation sites is 1. The topological polar surface area (TPSA) is 70.7 Å². The average Bonchev–Trinajstić information content (AvgIpc) is 2.52. The number of rotatable bonds is 9. The zero-order valence-electron chi connectivity index (χ0n) is 13.2. The van der Waals surface area contributed by atoms with Gasteiger partial charge in [0.05, 0.1) is 19.7 Å². The SMILES string of the molecule is CCN(CC(=O)Nc1c(F)cccc1F)C(=O)CNCCOC. The number of ether oxygens (including phenoxy) is 1. The van der Waals surface area contributed by atoms with Crippen LogP contribution >= 0.6 is 0 Å². The minimum atomic E-state index is -0.867. The number of nitrogens with zero attached hydrogens (tertiary/aromatic N) is 1. The van der Waals surface area contributed by atoms with Crippen molar-refractivity contribution in [3.05, 3.63) is 29.8 Å². The van der Waals surface area contributed by atoms with Gasteiger partial charge in [-0.25, -0.2) is 8.78 Å². The smallest absolute Gasteiger partial charge is 0.244 e. The minimum absolute atomic E-state index is 0.0541. The molecule has 23 heavy (non-hydrogen) atoms. The summed E-state index contributed by atoms with van der Waals surface area (Å²) in [6.07, 6.45) is 0. The normalized spacial score (nSPS) is 10.4. The average molecular weight is 329 g/mol. The maximum atomic E-state index is 13.5. The van der Waals surface area contributed by atoms with Gasteiger partial charge in [0.15, 0.2) is 0 Å². The van der Waals surface area contributed by atoms with Gasteiger partial charge in [-0.3, -0.25) is 9.59 Å². The number of carbonyl (C=O) groups is 2. The first kappa shape index (κ1) is 19.0. The molecule has 0 radical (unpaired) electrons. The van der Waals surface area contributed by atoms with E-state index in [1.807, 2.05) is 0 Å². The molecule has 0 aliphatic heterocycles. The molecule has 0 fully saturated rings. The number of hydrogen-bond acceptors (Lipinski definition) is 4. The van der Waals surface area contributed by atoms with Gasteiger partial charge in [-0.15, -0.1) is 0 Å². The number of methoxy groups -OCH3 is 1. The van der Waals surface area contributed by atoms with Crippen molar-refractivity contribution in [2.45, 2.75) is 6.92 Å². The number of hydrogen-bond donors (Lipinski definition) is 2. The molecule has 0 unspecified atom stereocenters. The zero-order chi connectivity index (χ0) is 17.2. The van der Waals surface area contributed by atoms with Gasteiger partial charge in [-0.1, -0.05) is 6.07 Å². The zero-order valence-corrected chi connectivity index (χ0v) is 13.2. The summed E-state index contributed by atoms with van der Waals surface area (Å²) < 4.78 is 31.8. The van der Waals surface area contributed by atoms with Crippen molar-refractivity contribution < 1.29 is 23.1 Å². The van der Waals surface area contributed by atoms with Crippen LogP contribution in [0.25, 0.3) is 0 Å². The van der Waals surface area contributed by atoms with E-state index in [1.54, 1.807) is 14.0 Å². The molecule has 128 valence electrons. The van der Waals surface area contributed by atoms with Gasteiger partial charge in [-0.2, -0.15) is 0 Å². The highest BCUT2D eigenvalue weighted by Crippen LogP contribution is 2.17. The Kier molecular flexibility index (Phi) is 8.14. The Morgan fingerprint density at radius 2 is 1.91 bits per heavy atom. The molecule has 2 amide bonds. The van der Waals surface area contributed by atoms with Crippen LogP contribution in [0.3, 0.4) is 0 Å². The molecule has 0 bridgehead atoms. The lowest BCUT2D eigenvalue weighted by Gasteiger charge is -2.20. The first-order valence-corrected chi connectivity index (χ1v) is 7.20. The lowest BCUT2D eigenvalue weighted by molar-refractivity contribution is -0.133. The molecule has 2 N–H and O–H groups in total. The Bertz CT molecular complexity index is 520. The van der Waals surface area contributed by atoms with Crippen LogP contribution in [-0.2, 0) is 14.3 Å². The highest BCUT2D eigenvalue weighted by atomic mass is 19.1. The first-order valence-electron chi connectivity index (χ1n) is 7.20. The van der Waals surface area contributed by atoms with Gasteiger partial charge >= 0.3 is 0 Å². The third kappa shape index (κ3) is 6.29. The summed E-state index contributed by atoms with van der Waals surface area (Å²) in [5, 5.41) is 5.03. The molecule has 0 spiro atoms. The van der Waals surface area contributed by atoms with Gasteiger partial charge in [-0.05, 0) is 19.1 Å². The van der Waals surface area contributed by atoms with Crippen molar-refractivity contribution in [1.82, 2.24) is 10.2 Å². The van der Waals surface area contributed by atoms with Crippen LogP contribution in [-0.4, -0.2) is 56.6 Å². The molecule has 0 aromatic heterocycles. The van der Waals surface area contributed by atoms with E-state index in [0.29, 0.717) is 19.7 Å². The van der Waals surface area contributed by atoms with E-state index in [9.17, 15) is 18.4 Å². The summed E-state index contributed by atoms with van der Waals surface area (Å²) in [7, 11) is 1.55. The van der Waals surface area contributed by atoms with Gasteiger partial charge < -0.3 is 20.3 Å². The second kappa shape index (κ2) is 9.86. The van der Waals surface area contributed by atoms with Crippen LogP contribution in [0.2, 0.25) is 0 Å². The molecule has 6 nitrogen and oxygen atoms in total. The fraction of sp³-hybridized carbons (Fsp3) is 0.467. The Balaban J connectivity index is 2.54. The number of nitrogens with one attached hydrogen (secondary N) is 2. The van der Waals surface area contributed by atoms with E-state index in [4.69, 9.17) is 4.74 Å². The highest BCUT2D eigenvalue weighted by molar-refractivity contribution is 5.95. The molecule has 0 aliphatic carbocycles. The summed E-state index contributed by atoms with van der Waals surface area (Å²) in [6.45, 7) is 2.76. The van der Waals surface area contributed by atoms with Gasteiger partial charge in [0.2, 0.25) is 11.8 Å². The van der Waals surface area contributed by atoms with Crippen molar-refractivity contribution in [3.8, 4) is 0 Å². The Morgan fingerprint density at radius 3 is 2.48 bits per heavy atom. The fourth-order valence-corrected chi connectivity index (χ4v) is 1.83. The molecule has 8 heteroatoms. The van der Waals surface area contributed by atoms with Gasteiger partial charge in [0, 0.05) is 20.2 Å². The molecule has 1 aromatic rings. The molecule has 0 heterocycles.